The third-order valence-corrected chi connectivity index (χ3v) is 4.14. The number of halogens is 3. The van der Waals surface area contributed by atoms with Crippen molar-refractivity contribution in [3.05, 3.63) is 71.0 Å². The summed E-state index contributed by atoms with van der Waals surface area (Å²) in [5.74, 6) is -3.76. The normalized spacial score (nSPS) is 13.1. The SMILES string of the molecule is CC(NC(=O)C(NC(=O)c1ccccc1F)C(C)C)c1ccc(F)cc1F. The molecule has 2 aromatic rings. The van der Waals surface area contributed by atoms with E-state index in [2.05, 4.69) is 10.6 Å². The molecule has 2 atom stereocenters. The van der Waals surface area contributed by atoms with E-state index in [1.807, 2.05) is 0 Å². The van der Waals surface area contributed by atoms with Crippen LogP contribution in [0.1, 0.15) is 42.7 Å². The molecule has 144 valence electrons. The van der Waals surface area contributed by atoms with Crippen molar-refractivity contribution in [1.29, 1.82) is 0 Å². The van der Waals surface area contributed by atoms with Crippen LogP contribution in [0.5, 0.6) is 0 Å². The third kappa shape index (κ3) is 5.09. The molecular formula is C20H21F3N2O2. The van der Waals surface area contributed by atoms with E-state index in [9.17, 15) is 22.8 Å². The molecule has 2 rings (SSSR count). The van der Waals surface area contributed by atoms with Gasteiger partial charge in [-0.05, 0) is 31.0 Å². The Hall–Kier alpha value is -2.83. The fourth-order valence-corrected chi connectivity index (χ4v) is 2.63. The monoisotopic (exact) mass is 378 g/mol. The van der Waals surface area contributed by atoms with Gasteiger partial charge in [0.1, 0.15) is 23.5 Å². The van der Waals surface area contributed by atoms with Gasteiger partial charge in [0, 0.05) is 11.6 Å². The summed E-state index contributed by atoms with van der Waals surface area (Å²) in [5, 5.41) is 5.11. The van der Waals surface area contributed by atoms with Crippen molar-refractivity contribution in [2.45, 2.75) is 32.9 Å². The Labute approximate surface area is 155 Å². The molecule has 2 unspecified atom stereocenters. The number of carbonyl (C=O) groups excluding carboxylic acids is 2. The number of amides is 2. The summed E-state index contributed by atoms with van der Waals surface area (Å²) in [4.78, 5) is 24.9. The van der Waals surface area contributed by atoms with Crippen LogP contribution < -0.4 is 10.6 Å². The summed E-state index contributed by atoms with van der Waals surface area (Å²) in [5.41, 5.74) is -0.0544. The Kier molecular flexibility index (Phi) is 6.60. The molecule has 0 bridgehead atoms. The molecule has 4 nitrogen and oxygen atoms in total. The van der Waals surface area contributed by atoms with E-state index in [-0.39, 0.29) is 17.0 Å². The summed E-state index contributed by atoms with van der Waals surface area (Å²) in [6.45, 7) is 4.98. The van der Waals surface area contributed by atoms with Crippen molar-refractivity contribution >= 4 is 11.8 Å². The maximum absolute atomic E-state index is 13.9. The molecule has 2 aromatic carbocycles. The van der Waals surface area contributed by atoms with E-state index in [1.165, 1.54) is 24.3 Å². The number of hydrogen-bond acceptors (Lipinski definition) is 2. The van der Waals surface area contributed by atoms with E-state index in [0.29, 0.717) is 0 Å². The number of benzene rings is 2. The van der Waals surface area contributed by atoms with Gasteiger partial charge in [0.2, 0.25) is 5.91 Å². The van der Waals surface area contributed by atoms with Gasteiger partial charge in [0.15, 0.2) is 0 Å². The molecule has 0 fully saturated rings. The zero-order chi connectivity index (χ0) is 20.1. The predicted octanol–water partition coefficient (Wildman–Crippen LogP) is 3.74. The first-order valence-corrected chi connectivity index (χ1v) is 8.51. The van der Waals surface area contributed by atoms with Crippen molar-refractivity contribution < 1.29 is 22.8 Å². The maximum atomic E-state index is 13.9. The minimum atomic E-state index is -0.955. The van der Waals surface area contributed by atoms with Gasteiger partial charge in [0.25, 0.3) is 5.91 Å². The standard InChI is InChI=1S/C20H21F3N2O2/c1-11(2)18(25-19(26)15-6-4-5-7-16(15)22)20(27)24-12(3)14-9-8-13(21)10-17(14)23/h4-12,18H,1-3H3,(H,24,27)(H,25,26). The molecule has 27 heavy (non-hydrogen) atoms. The molecule has 7 heteroatoms. The third-order valence-electron chi connectivity index (χ3n) is 4.14. The second kappa shape index (κ2) is 8.70. The molecule has 0 aromatic heterocycles. The van der Waals surface area contributed by atoms with E-state index in [4.69, 9.17) is 0 Å². The zero-order valence-electron chi connectivity index (χ0n) is 15.2. The van der Waals surface area contributed by atoms with Gasteiger partial charge < -0.3 is 10.6 Å². The van der Waals surface area contributed by atoms with Crippen molar-refractivity contribution in [3.63, 3.8) is 0 Å². The number of carbonyl (C=O) groups is 2. The minimum Gasteiger partial charge on any atom is -0.348 e. The molecule has 2 amide bonds. The van der Waals surface area contributed by atoms with E-state index >= 15 is 0 Å². The van der Waals surface area contributed by atoms with Gasteiger partial charge in [-0.1, -0.05) is 32.0 Å². The maximum Gasteiger partial charge on any atom is 0.254 e. The van der Waals surface area contributed by atoms with Crippen LogP contribution in [0.2, 0.25) is 0 Å². The Morgan fingerprint density at radius 3 is 2.15 bits per heavy atom. The fraction of sp³-hybridized carbons (Fsp3) is 0.300. The lowest BCUT2D eigenvalue weighted by Gasteiger charge is -2.24. The molecule has 0 aliphatic rings. The lowest BCUT2D eigenvalue weighted by atomic mass is 10.0. The Balaban J connectivity index is 2.12. The van der Waals surface area contributed by atoms with Crippen LogP contribution in [0.25, 0.3) is 0 Å². The molecule has 0 saturated carbocycles. The van der Waals surface area contributed by atoms with E-state index in [0.717, 1.165) is 18.2 Å². The van der Waals surface area contributed by atoms with Gasteiger partial charge in [-0.3, -0.25) is 9.59 Å². The van der Waals surface area contributed by atoms with Gasteiger partial charge in [-0.2, -0.15) is 0 Å². The number of hydrogen-bond donors (Lipinski definition) is 2. The van der Waals surface area contributed by atoms with Crippen molar-refractivity contribution in [2.24, 2.45) is 5.92 Å². The van der Waals surface area contributed by atoms with Crippen LogP contribution in [-0.2, 0) is 4.79 Å². The fourth-order valence-electron chi connectivity index (χ4n) is 2.63. The molecule has 0 heterocycles. The van der Waals surface area contributed by atoms with Crippen LogP contribution >= 0.6 is 0 Å². The first-order chi connectivity index (χ1) is 12.7. The van der Waals surface area contributed by atoms with Crippen molar-refractivity contribution in [1.82, 2.24) is 10.6 Å². The Bertz CT molecular complexity index is 840. The van der Waals surface area contributed by atoms with Crippen LogP contribution in [0.4, 0.5) is 13.2 Å². The predicted molar refractivity (Wildman–Crippen MR) is 95.4 cm³/mol. The molecular weight excluding hydrogens is 357 g/mol. The van der Waals surface area contributed by atoms with E-state index < -0.39 is 41.3 Å². The van der Waals surface area contributed by atoms with Crippen LogP contribution in [0.15, 0.2) is 42.5 Å². The molecule has 0 spiro atoms. The second-order valence-electron chi connectivity index (χ2n) is 6.57. The van der Waals surface area contributed by atoms with Crippen molar-refractivity contribution in [2.75, 3.05) is 0 Å². The largest absolute Gasteiger partial charge is 0.348 e. The van der Waals surface area contributed by atoms with Gasteiger partial charge in [-0.25, -0.2) is 13.2 Å². The summed E-state index contributed by atoms with van der Waals surface area (Å²) in [7, 11) is 0. The highest BCUT2D eigenvalue weighted by atomic mass is 19.1. The minimum absolute atomic E-state index is 0.118. The average molecular weight is 378 g/mol. The molecule has 2 N–H and O–H groups in total. The first-order valence-electron chi connectivity index (χ1n) is 8.51. The number of nitrogens with one attached hydrogen (secondary N) is 2. The van der Waals surface area contributed by atoms with Crippen LogP contribution in [-0.4, -0.2) is 17.9 Å². The zero-order valence-corrected chi connectivity index (χ0v) is 15.2. The van der Waals surface area contributed by atoms with Crippen LogP contribution in [0.3, 0.4) is 0 Å². The highest BCUT2D eigenvalue weighted by molar-refractivity contribution is 5.97. The molecule has 0 saturated heterocycles. The van der Waals surface area contributed by atoms with Crippen molar-refractivity contribution in [3.8, 4) is 0 Å². The summed E-state index contributed by atoms with van der Waals surface area (Å²) in [6, 6.07) is 6.82. The van der Waals surface area contributed by atoms with Gasteiger partial charge in [-0.15, -0.1) is 0 Å². The molecule has 0 radical (unpaired) electrons. The van der Waals surface area contributed by atoms with Gasteiger partial charge >= 0.3 is 0 Å². The lowest BCUT2D eigenvalue weighted by Crippen LogP contribution is -2.50. The second-order valence-corrected chi connectivity index (χ2v) is 6.57. The first kappa shape index (κ1) is 20.5. The summed E-state index contributed by atoms with van der Waals surface area (Å²) >= 11 is 0. The highest BCUT2D eigenvalue weighted by Gasteiger charge is 2.27. The quantitative estimate of drug-likeness (QED) is 0.805. The van der Waals surface area contributed by atoms with Gasteiger partial charge in [0.05, 0.1) is 11.6 Å². The molecule has 0 aliphatic heterocycles. The average Bonchev–Trinajstić information content (AvgIpc) is 2.59. The smallest absolute Gasteiger partial charge is 0.254 e. The topological polar surface area (TPSA) is 58.2 Å². The number of rotatable bonds is 6. The van der Waals surface area contributed by atoms with E-state index in [1.54, 1.807) is 20.8 Å². The Morgan fingerprint density at radius 1 is 0.889 bits per heavy atom. The van der Waals surface area contributed by atoms with Crippen LogP contribution in [0, 0.1) is 23.4 Å². The summed E-state index contributed by atoms with van der Waals surface area (Å²) in [6.07, 6.45) is 0. The molecule has 0 aliphatic carbocycles. The Morgan fingerprint density at radius 2 is 1.56 bits per heavy atom. The highest BCUT2D eigenvalue weighted by Crippen LogP contribution is 2.18. The lowest BCUT2D eigenvalue weighted by molar-refractivity contribution is -0.124. The summed E-state index contributed by atoms with van der Waals surface area (Å²) < 4.78 is 40.7.